The van der Waals surface area contributed by atoms with E-state index in [-0.39, 0.29) is 6.10 Å². The van der Waals surface area contributed by atoms with Crippen LogP contribution in [0.15, 0.2) is 30.3 Å². The molecule has 3 heteroatoms. The zero-order valence-corrected chi connectivity index (χ0v) is 13.1. The molecule has 2 unspecified atom stereocenters. The number of pyridine rings is 1. The minimum Gasteiger partial charge on any atom is -0.474 e. The van der Waals surface area contributed by atoms with Crippen LogP contribution in [0.5, 0.6) is 5.88 Å². The van der Waals surface area contributed by atoms with E-state index in [9.17, 15) is 0 Å². The number of benzene rings is 1. The number of nitrogen functional groups attached to an aromatic ring is 1. The Morgan fingerprint density at radius 3 is 2.76 bits per heavy atom. The van der Waals surface area contributed by atoms with E-state index in [2.05, 4.69) is 25.8 Å². The third-order valence-corrected chi connectivity index (χ3v) is 4.32. The van der Waals surface area contributed by atoms with Crippen LogP contribution < -0.4 is 10.5 Å². The van der Waals surface area contributed by atoms with Gasteiger partial charge < -0.3 is 10.5 Å². The van der Waals surface area contributed by atoms with Crippen LogP contribution in [-0.2, 0) is 0 Å². The van der Waals surface area contributed by atoms with Crippen LogP contribution >= 0.6 is 0 Å². The van der Waals surface area contributed by atoms with E-state index in [0.717, 1.165) is 35.3 Å². The van der Waals surface area contributed by atoms with Crippen LogP contribution in [0.25, 0.3) is 10.9 Å². The first-order valence-corrected chi connectivity index (χ1v) is 7.74. The molecule has 0 amide bonds. The number of nitrogens with zero attached hydrogens (tertiary/aromatic N) is 1. The first-order chi connectivity index (χ1) is 9.91. The predicted octanol–water partition coefficient (Wildman–Crippen LogP) is 4.41. The Bertz CT molecular complexity index is 651. The van der Waals surface area contributed by atoms with Crippen LogP contribution in [0.1, 0.15) is 40.0 Å². The second-order valence-corrected chi connectivity index (χ2v) is 7.25. The molecule has 1 saturated carbocycles. The largest absolute Gasteiger partial charge is 0.474 e. The molecule has 1 aliphatic carbocycles. The quantitative estimate of drug-likeness (QED) is 0.831. The maximum atomic E-state index is 6.16. The third kappa shape index (κ3) is 3.29. The van der Waals surface area contributed by atoms with Gasteiger partial charge in [-0.1, -0.05) is 20.8 Å². The first kappa shape index (κ1) is 14.2. The fourth-order valence-electron chi connectivity index (χ4n) is 3.71. The normalized spacial score (nSPS) is 24.9. The second kappa shape index (κ2) is 5.21. The highest BCUT2D eigenvalue weighted by atomic mass is 16.5. The van der Waals surface area contributed by atoms with Crippen molar-refractivity contribution < 1.29 is 4.74 Å². The summed E-state index contributed by atoms with van der Waals surface area (Å²) in [5.41, 5.74) is 7.85. The standard InChI is InChI=1S/C18H24N2O/c1-12-8-15(11-18(2,3)10-12)21-17-7-4-13-9-14(19)5-6-16(13)20-17/h4-7,9,12,15H,8,10-11,19H2,1-3H3. The van der Waals surface area contributed by atoms with Crippen LogP contribution in [0.4, 0.5) is 5.69 Å². The molecule has 2 N–H and O–H groups in total. The van der Waals surface area contributed by atoms with E-state index in [1.807, 2.05) is 30.3 Å². The number of rotatable bonds is 2. The van der Waals surface area contributed by atoms with Crippen molar-refractivity contribution in [3.05, 3.63) is 30.3 Å². The van der Waals surface area contributed by atoms with Gasteiger partial charge in [0.05, 0.1) is 5.52 Å². The lowest BCUT2D eigenvalue weighted by Gasteiger charge is -2.38. The molecule has 2 atom stereocenters. The number of aromatic nitrogens is 1. The second-order valence-electron chi connectivity index (χ2n) is 7.25. The summed E-state index contributed by atoms with van der Waals surface area (Å²) in [6.45, 7) is 6.97. The topological polar surface area (TPSA) is 48.1 Å². The summed E-state index contributed by atoms with van der Waals surface area (Å²) in [5.74, 6) is 1.43. The summed E-state index contributed by atoms with van der Waals surface area (Å²) in [4.78, 5) is 4.61. The molecule has 1 aromatic heterocycles. The molecule has 1 heterocycles. The van der Waals surface area contributed by atoms with Gasteiger partial charge in [-0.2, -0.15) is 0 Å². The summed E-state index contributed by atoms with van der Waals surface area (Å²) in [5, 5.41) is 1.06. The molecule has 0 spiro atoms. The van der Waals surface area contributed by atoms with Gasteiger partial charge in [-0.15, -0.1) is 0 Å². The molecule has 112 valence electrons. The summed E-state index contributed by atoms with van der Waals surface area (Å²) in [6, 6.07) is 9.76. The van der Waals surface area contributed by atoms with Crippen molar-refractivity contribution in [3.63, 3.8) is 0 Å². The van der Waals surface area contributed by atoms with E-state index in [4.69, 9.17) is 10.5 Å². The molecule has 0 aliphatic heterocycles. The van der Waals surface area contributed by atoms with Crippen LogP contribution in [-0.4, -0.2) is 11.1 Å². The minimum absolute atomic E-state index is 0.266. The van der Waals surface area contributed by atoms with Gasteiger partial charge in [-0.25, -0.2) is 4.98 Å². The van der Waals surface area contributed by atoms with Crippen LogP contribution in [0.3, 0.4) is 0 Å². The van der Waals surface area contributed by atoms with Gasteiger partial charge in [0.15, 0.2) is 0 Å². The zero-order valence-electron chi connectivity index (χ0n) is 13.1. The Balaban J connectivity index is 1.80. The molecule has 3 rings (SSSR count). The first-order valence-electron chi connectivity index (χ1n) is 7.74. The summed E-state index contributed by atoms with van der Waals surface area (Å²) in [7, 11) is 0. The molecule has 0 radical (unpaired) electrons. The van der Waals surface area contributed by atoms with Gasteiger partial charge in [0.1, 0.15) is 6.10 Å². The lowest BCUT2D eigenvalue weighted by molar-refractivity contribution is 0.0535. The molecule has 1 aliphatic rings. The molecular weight excluding hydrogens is 260 g/mol. The van der Waals surface area contributed by atoms with E-state index >= 15 is 0 Å². The van der Waals surface area contributed by atoms with Gasteiger partial charge in [-0.3, -0.25) is 0 Å². The highest BCUT2D eigenvalue weighted by Crippen LogP contribution is 2.39. The van der Waals surface area contributed by atoms with Crippen molar-refractivity contribution in [2.75, 3.05) is 5.73 Å². The maximum Gasteiger partial charge on any atom is 0.214 e. The Morgan fingerprint density at radius 1 is 1.19 bits per heavy atom. The van der Waals surface area contributed by atoms with E-state index in [0.29, 0.717) is 11.3 Å². The van der Waals surface area contributed by atoms with Crippen LogP contribution in [0.2, 0.25) is 0 Å². The van der Waals surface area contributed by atoms with Crippen molar-refractivity contribution in [1.29, 1.82) is 0 Å². The average molecular weight is 284 g/mol. The van der Waals surface area contributed by atoms with E-state index in [1.54, 1.807) is 0 Å². The molecule has 0 saturated heterocycles. The predicted molar refractivity (Wildman–Crippen MR) is 87.4 cm³/mol. The molecular formula is C18H24N2O. The van der Waals surface area contributed by atoms with Crippen LogP contribution in [0, 0.1) is 11.3 Å². The van der Waals surface area contributed by atoms with Gasteiger partial charge in [0.2, 0.25) is 5.88 Å². The minimum atomic E-state index is 0.266. The summed E-state index contributed by atoms with van der Waals surface area (Å²) < 4.78 is 6.16. The highest BCUT2D eigenvalue weighted by molar-refractivity contribution is 5.82. The number of nitrogens with two attached hydrogens (primary N) is 1. The monoisotopic (exact) mass is 284 g/mol. The Hall–Kier alpha value is -1.77. The highest BCUT2D eigenvalue weighted by Gasteiger charge is 2.33. The maximum absolute atomic E-state index is 6.16. The SMILES string of the molecule is CC1CC(Oc2ccc3cc(N)ccc3n2)CC(C)(C)C1. The Labute approximate surface area is 126 Å². The Kier molecular flexibility index (Phi) is 3.52. The molecule has 1 aromatic carbocycles. The summed E-state index contributed by atoms with van der Waals surface area (Å²) >= 11 is 0. The van der Waals surface area contributed by atoms with Crippen molar-refractivity contribution in [2.24, 2.45) is 11.3 Å². The van der Waals surface area contributed by atoms with Crippen molar-refractivity contribution in [2.45, 2.75) is 46.1 Å². The van der Waals surface area contributed by atoms with Crippen molar-refractivity contribution >= 4 is 16.6 Å². The lowest BCUT2D eigenvalue weighted by atomic mass is 9.71. The number of hydrogen-bond donors (Lipinski definition) is 1. The number of anilines is 1. The fourth-order valence-corrected chi connectivity index (χ4v) is 3.71. The fraction of sp³-hybridized carbons (Fsp3) is 0.500. The van der Waals surface area contributed by atoms with E-state index < -0.39 is 0 Å². The molecule has 0 bridgehead atoms. The number of ether oxygens (including phenoxy) is 1. The molecule has 1 fully saturated rings. The van der Waals surface area contributed by atoms with Crippen molar-refractivity contribution in [3.8, 4) is 5.88 Å². The lowest BCUT2D eigenvalue weighted by Crippen LogP contribution is -2.34. The Morgan fingerprint density at radius 2 is 2.00 bits per heavy atom. The number of hydrogen-bond acceptors (Lipinski definition) is 3. The van der Waals surface area contributed by atoms with Crippen molar-refractivity contribution in [1.82, 2.24) is 4.98 Å². The molecule has 3 nitrogen and oxygen atoms in total. The third-order valence-electron chi connectivity index (χ3n) is 4.32. The van der Waals surface area contributed by atoms with Gasteiger partial charge in [0, 0.05) is 17.1 Å². The smallest absolute Gasteiger partial charge is 0.214 e. The van der Waals surface area contributed by atoms with Gasteiger partial charge in [-0.05, 0) is 54.9 Å². The average Bonchev–Trinajstić information content (AvgIpc) is 2.36. The van der Waals surface area contributed by atoms with Gasteiger partial charge >= 0.3 is 0 Å². The zero-order chi connectivity index (χ0) is 15.0. The van der Waals surface area contributed by atoms with Gasteiger partial charge in [0.25, 0.3) is 0 Å². The summed E-state index contributed by atoms with van der Waals surface area (Å²) in [6.07, 6.45) is 3.75. The van der Waals surface area contributed by atoms with E-state index in [1.165, 1.54) is 6.42 Å². The molecule has 21 heavy (non-hydrogen) atoms. The molecule has 2 aromatic rings. The number of fused-ring (bicyclic) bond motifs is 1.